The monoisotopic (exact) mass is 491 g/mol. The van der Waals surface area contributed by atoms with Crippen LogP contribution in [0.1, 0.15) is 24.5 Å². The van der Waals surface area contributed by atoms with E-state index in [0.717, 1.165) is 27.8 Å². The number of carbonyl (C=O) groups is 1. The zero-order chi connectivity index (χ0) is 25.2. The van der Waals surface area contributed by atoms with E-state index in [4.69, 9.17) is 0 Å². The summed E-state index contributed by atoms with van der Waals surface area (Å²) in [6, 6.07) is 19.3. The quantitative estimate of drug-likeness (QED) is 0.400. The summed E-state index contributed by atoms with van der Waals surface area (Å²) < 4.78 is 27.3. The molecule has 1 heterocycles. The van der Waals surface area contributed by atoms with Gasteiger partial charge in [-0.05, 0) is 60.7 Å². The van der Waals surface area contributed by atoms with Crippen LogP contribution in [-0.4, -0.2) is 39.7 Å². The van der Waals surface area contributed by atoms with E-state index < -0.39 is 26.6 Å². The van der Waals surface area contributed by atoms with Crippen LogP contribution in [0, 0.1) is 6.92 Å². The van der Waals surface area contributed by atoms with Gasteiger partial charge in [0.25, 0.3) is 5.56 Å². The molecule has 0 fully saturated rings. The van der Waals surface area contributed by atoms with E-state index in [1.165, 1.54) is 17.7 Å². The molecule has 3 aromatic carbocycles. The van der Waals surface area contributed by atoms with Crippen molar-refractivity contribution < 1.29 is 18.3 Å². The van der Waals surface area contributed by atoms with Crippen molar-refractivity contribution in [3.05, 3.63) is 88.2 Å². The number of nitrogens with zero attached hydrogens (tertiary/aromatic N) is 3. The second-order valence-electron chi connectivity index (χ2n) is 8.37. The van der Waals surface area contributed by atoms with Gasteiger partial charge in [-0.1, -0.05) is 60.2 Å². The molecule has 1 N–H and O–H groups in total. The molecule has 0 amide bonds. The summed E-state index contributed by atoms with van der Waals surface area (Å²) in [5.41, 5.74) is 3.80. The van der Waals surface area contributed by atoms with Gasteiger partial charge in [0.2, 0.25) is 0 Å². The number of aromatic nitrogens is 3. The van der Waals surface area contributed by atoms with E-state index in [-0.39, 0.29) is 17.9 Å². The van der Waals surface area contributed by atoms with Crippen molar-refractivity contribution in [2.24, 2.45) is 0 Å². The average Bonchev–Trinajstić information content (AvgIpc) is 2.85. The topological polar surface area (TPSA) is 119 Å². The second-order valence-corrected chi connectivity index (χ2v) is 10.5. The van der Waals surface area contributed by atoms with Crippen LogP contribution in [0.5, 0.6) is 0 Å². The number of sulfone groups is 1. The van der Waals surface area contributed by atoms with Crippen LogP contribution < -0.4 is 5.56 Å². The summed E-state index contributed by atoms with van der Waals surface area (Å²) in [5.74, 6) is -1.48. The molecule has 0 radical (unpaired) electrons. The van der Waals surface area contributed by atoms with E-state index in [9.17, 15) is 23.1 Å². The van der Waals surface area contributed by atoms with Crippen molar-refractivity contribution in [3.63, 3.8) is 0 Å². The predicted octanol–water partition coefficient (Wildman–Crippen LogP) is 3.65. The molecule has 0 aliphatic heterocycles. The van der Waals surface area contributed by atoms with Gasteiger partial charge in [-0.2, -0.15) is 0 Å². The van der Waals surface area contributed by atoms with Crippen molar-refractivity contribution in [2.75, 3.05) is 0 Å². The molecule has 35 heavy (non-hydrogen) atoms. The number of carboxylic acids is 1. The Hall–Kier alpha value is -3.85. The molecule has 0 aliphatic rings. The van der Waals surface area contributed by atoms with Crippen molar-refractivity contribution in [3.8, 4) is 11.1 Å². The summed E-state index contributed by atoms with van der Waals surface area (Å²) in [7, 11) is -4.21. The van der Waals surface area contributed by atoms with E-state index in [1.807, 2.05) is 31.2 Å². The molecule has 8 nitrogen and oxygen atoms in total. The molecule has 0 spiro atoms. The standard InChI is InChI=1S/C26H25N3O5S/c1-3-18-5-7-19(8-6-18)20-9-11-21(12-10-20)35(33,34)24(26(31)32)14-15-29-25(30)22-16-17(2)4-13-23(22)27-28-29/h4-13,16,24H,3,14-15H2,1-2H3,(H,31,32). The fourth-order valence-electron chi connectivity index (χ4n) is 3.92. The minimum atomic E-state index is -4.21. The Labute approximate surface area is 202 Å². The smallest absolute Gasteiger partial charge is 0.322 e. The number of rotatable bonds is 8. The Morgan fingerprint density at radius 3 is 2.23 bits per heavy atom. The minimum absolute atomic E-state index is 0.0913. The lowest BCUT2D eigenvalue weighted by atomic mass is 10.0. The first-order valence-corrected chi connectivity index (χ1v) is 12.8. The van der Waals surface area contributed by atoms with Gasteiger partial charge >= 0.3 is 5.97 Å². The first kappa shape index (κ1) is 24.3. The molecule has 1 unspecified atom stereocenters. The highest BCUT2D eigenvalue weighted by atomic mass is 32.2. The van der Waals surface area contributed by atoms with Crippen LogP contribution in [0.2, 0.25) is 0 Å². The summed E-state index contributed by atoms with van der Waals surface area (Å²) >= 11 is 0. The molecular formula is C26H25N3O5S. The first-order chi connectivity index (χ1) is 16.7. The van der Waals surface area contributed by atoms with Crippen molar-refractivity contribution in [1.29, 1.82) is 0 Å². The van der Waals surface area contributed by atoms with Crippen LogP contribution in [0.25, 0.3) is 22.0 Å². The summed E-state index contributed by atoms with van der Waals surface area (Å²) in [5, 5.41) is 16.2. The van der Waals surface area contributed by atoms with E-state index in [2.05, 4.69) is 17.2 Å². The van der Waals surface area contributed by atoms with Gasteiger partial charge in [0.05, 0.1) is 10.3 Å². The van der Waals surface area contributed by atoms with Crippen molar-refractivity contribution in [2.45, 2.75) is 43.4 Å². The zero-order valence-electron chi connectivity index (χ0n) is 19.4. The van der Waals surface area contributed by atoms with Crippen LogP contribution in [0.4, 0.5) is 0 Å². The molecule has 0 bridgehead atoms. The van der Waals surface area contributed by atoms with E-state index in [0.29, 0.717) is 10.9 Å². The van der Waals surface area contributed by atoms with Crippen LogP contribution in [-0.2, 0) is 27.6 Å². The largest absolute Gasteiger partial charge is 0.480 e. The van der Waals surface area contributed by atoms with E-state index in [1.54, 1.807) is 30.3 Å². The van der Waals surface area contributed by atoms with Gasteiger partial charge in [0, 0.05) is 6.54 Å². The lowest BCUT2D eigenvalue weighted by Gasteiger charge is -2.14. The normalized spacial score (nSPS) is 12.5. The molecule has 4 rings (SSSR count). The summed E-state index contributed by atoms with van der Waals surface area (Å²) in [4.78, 5) is 24.6. The van der Waals surface area contributed by atoms with Crippen LogP contribution in [0.15, 0.2) is 76.4 Å². The predicted molar refractivity (Wildman–Crippen MR) is 133 cm³/mol. The van der Waals surface area contributed by atoms with Gasteiger partial charge in [0.1, 0.15) is 5.52 Å². The zero-order valence-corrected chi connectivity index (χ0v) is 20.2. The maximum absolute atomic E-state index is 13.2. The molecule has 0 aliphatic carbocycles. The SMILES string of the molecule is CCc1ccc(-c2ccc(S(=O)(=O)C(CCn3nnc4ccc(C)cc4c3=O)C(=O)O)cc2)cc1. The maximum atomic E-state index is 13.2. The molecule has 180 valence electrons. The highest BCUT2D eigenvalue weighted by Gasteiger charge is 2.34. The fourth-order valence-corrected chi connectivity index (χ4v) is 5.45. The third kappa shape index (κ3) is 5.00. The fraction of sp³-hybridized carbons (Fsp3) is 0.231. The van der Waals surface area contributed by atoms with Crippen LogP contribution in [0.3, 0.4) is 0 Å². The maximum Gasteiger partial charge on any atom is 0.322 e. The first-order valence-electron chi connectivity index (χ1n) is 11.2. The second kappa shape index (κ2) is 9.79. The van der Waals surface area contributed by atoms with Crippen molar-refractivity contribution >= 4 is 26.7 Å². The third-order valence-electron chi connectivity index (χ3n) is 6.01. The number of carboxylic acid groups (broad SMARTS) is 1. The molecule has 1 atom stereocenters. The molecule has 0 saturated carbocycles. The Kier molecular flexibility index (Phi) is 6.79. The van der Waals surface area contributed by atoms with Gasteiger partial charge in [-0.3, -0.25) is 9.59 Å². The highest BCUT2D eigenvalue weighted by Crippen LogP contribution is 2.25. The summed E-state index contributed by atoms with van der Waals surface area (Å²) in [6.07, 6.45) is 0.592. The lowest BCUT2D eigenvalue weighted by molar-refractivity contribution is -0.136. The van der Waals surface area contributed by atoms with Gasteiger partial charge in [-0.15, -0.1) is 5.10 Å². The molecule has 0 saturated heterocycles. The third-order valence-corrected chi connectivity index (χ3v) is 8.12. The number of fused-ring (bicyclic) bond motifs is 1. The molecule has 9 heteroatoms. The Morgan fingerprint density at radius 2 is 1.63 bits per heavy atom. The number of benzene rings is 3. The number of aryl methyl sites for hydroxylation is 3. The van der Waals surface area contributed by atoms with Crippen LogP contribution >= 0.6 is 0 Å². The Bertz CT molecular complexity index is 1540. The number of hydrogen-bond acceptors (Lipinski definition) is 6. The number of aliphatic carboxylic acids is 1. The lowest BCUT2D eigenvalue weighted by Crippen LogP contribution is -2.34. The summed E-state index contributed by atoms with van der Waals surface area (Å²) in [6.45, 7) is 3.70. The van der Waals surface area contributed by atoms with Gasteiger partial charge < -0.3 is 5.11 Å². The molecular weight excluding hydrogens is 466 g/mol. The van der Waals surface area contributed by atoms with Crippen molar-refractivity contribution in [1.82, 2.24) is 15.0 Å². The van der Waals surface area contributed by atoms with Gasteiger partial charge in [0.15, 0.2) is 15.1 Å². The molecule has 1 aromatic heterocycles. The number of hydrogen-bond donors (Lipinski definition) is 1. The Balaban J connectivity index is 1.57. The average molecular weight is 492 g/mol. The van der Waals surface area contributed by atoms with Gasteiger partial charge in [-0.25, -0.2) is 13.1 Å². The van der Waals surface area contributed by atoms with E-state index >= 15 is 0 Å². The molecule has 4 aromatic rings. The Morgan fingerprint density at radius 1 is 1.00 bits per heavy atom. The minimum Gasteiger partial charge on any atom is -0.480 e. The highest BCUT2D eigenvalue weighted by molar-refractivity contribution is 7.92.